The number of nitrogens with one attached hydrogen (secondary N) is 1. The van der Waals surface area contributed by atoms with Gasteiger partial charge in [-0.25, -0.2) is 0 Å². The topological polar surface area (TPSA) is 15.3 Å². The second-order valence-electron chi connectivity index (χ2n) is 6.74. The zero-order valence-electron chi connectivity index (χ0n) is 12.7. The van der Waals surface area contributed by atoms with Crippen LogP contribution in [0.25, 0.3) is 0 Å². The van der Waals surface area contributed by atoms with Crippen molar-refractivity contribution in [3.8, 4) is 0 Å². The molecule has 0 aromatic heterocycles. The van der Waals surface area contributed by atoms with Gasteiger partial charge >= 0.3 is 0 Å². The van der Waals surface area contributed by atoms with Gasteiger partial charge in [-0.05, 0) is 62.7 Å². The van der Waals surface area contributed by atoms with Crippen LogP contribution in [0.3, 0.4) is 0 Å². The van der Waals surface area contributed by atoms with Gasteiger partial charge in [0, 0.05) is 12.6 Å². The summed E-state index contributed by atoms with van der Waals surface area (Å²) in [6.45, 7) is 7.47. The monoisotopic (exact) mass is 272 g/mol. The summed E-state index contributed by atoms with van der Waals surface area (Å²) in [5.74, 6) is 1.57. The molecule has 110 valence electrons. The van der Waals surface area contributed by atoms with Gasteiger partial charge in [0.15, 0.2) is 0 Å². The first-order chi connectivity index (χ1) is 9.81. The van der Waals surface area contributed by atoms with E-state index in [0.29, 0.717) is 5.92 Å². The molecule has 2 nitrogen and oxygen atoms in total. The normalized spacial score (nSPS) is 24.9. The summed E-state index contributed by atoms with van der Waals surface area (Å²) >= 11 is 0. The van der Waals surface area contributed by atoms with Crippen LogP contribution in [0.4, 0.5) is 0 Å². The van der Waals surface area contributed by atoms with Crippen LogP contribution in [-0.4, -0.2) is 37.1 Å². The Morgan fingerprint density at radius 1 is 1.20 bits per heavy atom. The summed E-state index contributed by atoms with van der Waals surface area (Å²) in [4.78, 5) is 2.67. The van der Waals surface area contributed by atoms with E-state index in [1.807, 2.05) is 0 Å². The number of likely N-dealkylation sites (tertiary alicyclic amines) is 1. The second kappa shape index (κ2) is 6.73. The Morgan fingerprint density at radius 3 is 2.75 bits per heavy atom. The predicted molar refractivity (Wildman–Crippen MR) is 85.0 cm³/mol. The highest BCUT2D eigenvalue weighted by molar-refractivity contribution is 5.18. The molecule has 2 aliphatic rings. The van der Waals surface area contributed by atoms with Crippen LogP contribution in [0.5, 0.6) is 0 Å². The molecule has 2 fully saturated rings. The number of nitrogens with zero attached hydrogens (tertiary/aromatic N) is 1. The second-order valence-corrected chi connectivity index (χ2v) is 6.74. The molecule has 3 rings (SSSR count). The smallest absolute Gasteiger partial charge is 0.00683 e. The minimum atomic E-state index is 0.680. The Hall–Kier alpha value is -0.860. The Morgan fingerprint density at radius 2 is 2.00 bits per heavy atom. The quantitative estimate of drug-likeness (QED) is 0.819. The van der Waals surface area contributed by atoms with E-state index in [2.05, 4.69) is 47.5 Å². The minimum absolute atomic E-state index is 0.680. The molecule has 2 atom stereocenters. The number of rotatable bonds is 7. The molecule has 1 aromatic carbocycles. The van der Waals surface area contributed by atoms with Crippen LogP contribution in [-0.2, 0) is 0 Å². The van der Waals surface area contributed by atoms with Crippen molar-refractivity contribution in [3.05, 3.63) is 35.9 Å². The molecule has 1 aliphatic heterocycles. The Kier molecular flexibility index (Phi) is 4.74. The van der Waals surface area contributed by atoms with Gasteiger partial charge in [-0.15, -0.1) is 0 Å². The van der Waals surface area contributed by atoms with Gasteiger partial charge in [0.25, 0.3) is 0 Å². The first kappa shape index (κ1) is 14.1. The highest BCUT2D eigenvalue weighted by atomic mass is 15.1. The van der Waals surface area contributed by atoms with Crippen LogP contribution < -0.4 is 5.32 Å². The van der Waals surface area contributed by atoms with Crippen molar-refractivity contribution >= 4 is 0 Å². The zero-order chi connectivity index (χ0) is 13.8. The highest BCUT2D eigenvalue weighted by Crippen LogP contribution is 2.23. The van der Waals surface area contributed by atoms with E-state index in [-0.39, 0.29) is 0 Å². The van der Waals surface area contributed by atoms with E-state index in [0.717, 1.165) is 12.0 Å². The predicted octanol–water partition coefficient (Wildman–Crippen LogP) is 3.25. The van der Waals surface area contributed by atoms with Crippen LogP contribution in [0, 0.1) is 5.92 Å². The lowest BCUT2D eigenvalue weighted by atomic mass is 9.98. The number of benzene rings is 1. The Balaban J connectivity index is 1.36. The molecule has 20 heavy (non-hydrogen) atoms. The number of hydrogen-bond donors (Lipinski definition) is 1. The molecule has 1 N–H and O–H groups in total. The van der Waals surface area contributed by atoms with Crippen molar-refractivity contribution in [2.45, 2.75) is 44.6 Å². The maximum absolute atomic E-state index is 3.68. The molecule has 1 aromatic rings. The van der Waals surface area contributed by atoms with E-state index < -0.39 is 0 Å². The van der Waals surface area contributed by atoms with Crippen LogP contribution in [0.15, 0.2) is 30.3 Å². The van der Waals surface area contributed by atoms with Crippen molar-refractivity contribution in [2.24, 2.45) is 5.92 Å². The fraction of sp³-hybridized carbons (Fsp3) is 0.667. The minimum Gasteiger partial charge on any atom is -0.314 e. The van der Waals surface area contributed by atoms with E-state index in [1.54, 1.807) is 0 Å². The average molecular weight is 272 g/mol. The molecule has 0 spiro atoms. The SMILES string of the molecule is CC(CCN1CCC(CNC2CC2)C1)c1ccccc1. The Bertz CT molecular complexity index is 399. The number of hydrogen-bond acceptors (Lipinski definition) is 2. The molecule has 0 bridgehead atoms. The molecule has 1 saturated carbocycles. The Labute approximate surface area is 123 Å². The van der Waals surface area contributed by atoms with Gasteiger partial charge in [0.2, 0.25) is 0 Å². The fourth-order valence-electron chi connectivity index (χ4n) is 3.23. The molecule has 0 amide bonds. The summed E-state index contributed by atoms with van der Waals surface area (Å²) < 4.78 is 0. The van der Waals surface area contributed by atoms with Crippen molar-refractivity contribution in [1.29, 1.82) is 0 Å². The summed E-state index contributed by atoms with van der Waals surface area (Å²) in [6, 6.07) is 11.8. The first-order valence-corrected chi connectivity index (χ1v) is 8.32. The molecule has 2 heteroatoms. The van der Waals surface area contributed by atoms with Crippen LogP contribution >= 0.6 is 0 Å². The van der Waals surface area contributed by atoms with Crippen LogP contribution in [0.1, 0.15) is 44.1 Å². The third kappa shape index (κ3) is 4.07. The lowest BCUT2D eigenvalue weighted by molar-refractivity contribution is 0.309. The van der Waals surface area contributed by atoms with E-state index in [4.69, 9.17) is 0 Å². The molecule has 1 heterocycles. The van der Waals surface area contributed by atoms with E-state index in [9.17, 15) is 0 Å². The molecular weight excluding hydrogens is 244 g/mol. The van der Waals surface area contributed by atoms with Crippen molar-refractivity contribution in [3.63, 3.8) is 0 Å². The third-order valence-corrected chi connectivity index (χ3v) is 4.89. The third-order valence-electron chi connectivity index (χ3n) is 4.89. The zero-order valence-corrected chi connectivity index (χ0v) is 12.7. The summed E-state index contributed by atoms with van der Waals surface area (Å²) in [6.07, 6.45) is 5.49. The average Bonchev–Trinajstić information content (AvgIpc) is 3.22. The van der Waals surface area contributed by atoms with Crippen molar-refractivity contribution in [1.82, 2.24) is 10.2 Å². The molecule has 1 aliphatic carbocycles. The highest BCUT2D eigenvalue weighted by Gasteiger charge is 2.26. The summed E-state index contributed by atoms with van der Waals surface area (Å²) in [5.41, 5.74) is 1.48. The molecule has 1 saturated heterocycles. The fourth-order valence-corrected chi connectivity index (χ4v) is 3.23. The molecular formula is C18H28N2. The van der Waals surface area contributed by atoms with Gasteiger partial charge in [0.05, 0.1) is 0 Å². The maximum atomic E-state index is 3.68. The summed E-state index contributed by atoms with van der Waals surface area (Å²) in [5, 5.41) is 3.68. The largest absolute Gasteiger partial charge is 0.314 e. The maximum Gasteiger partial charge on any atom is 0.00683 e. The van der Waals surface area contributed by atoms with E-state index in [1.165, 1.54) is 57.4 Å². The standard InChI is InChI=1S/C18H28N2/c1-15(17-5-3-2-4-6-17)9-11-20-12-10-16(14-20)13-19-18-7-8-18/h2-6,15-16,18-19H,7-14H2,1H3. The van der Waals surface area contributed by atoms with E-state index >= 15 is 0 Å². The first-order valence-electron chi connectivity index (χ1n) is 8.32. The molecule has 2 unspecified atom stereocenters. The van der Waals surface area contributed by atoms with Crippen molar-refractivity contribution in [2.75, 3.05) is 26.2 Å². The van der Waals surface area contributed by atoms with Crippen LogP contribution in [0.2, 0.25) is 0 Å². The van der Waals surface area contributed by atoms with Gasteiger partial charge in [-0.3, -0.25) is 0 Å². The van der Waals surface area contributed by atoms with Crippen molar-refractivity contribution < 1.29 is 0 Å². The van der Waals surface area contributed by atoms with Gasteiger partial charge in [-0.2, -0.15) is 0 Å². The van der Waals surface area contributed by atoms with Gasteiger partial charge in [0.1, 0.15) is 0 Å². The molecule has 0 radical (unpaired) electrons. The lowest BCUT2D eigenvalue weighted by Crippen LogP contribution is -2.28. The lowest BCUT2D eigenvalue weighted by Gasteiger charge is -2.19. The summed E-state index contributed by atoms with van der Waals surface area (Å²) in [7, 11) is 0. The van der Waals surface area contributed by atoms with Gasteiger partial charge in [-0.1, -0.05) is 37.3 Å². The van der Waals surface area contributed by atoms with Gasteiger partial charge < -0.3 is 10.2 Å².